The van der Waals surface area contributed by atoms with Crippen molar-refractivity contribution < 1.29 is 14.6 Å². The SMILES string of the molecule is C[C@]12CC[C@H]3[C@@H](CC[C@@H]4C[C@H](O)CC[C@@]43CO)C1=CC[C@@H]2c1ccc(=O)oc1. The Balaban J connectivity index is 1.46. The lowest BCUT2D eigenvalue weighted by Crippen LogP contribution is -2.54. The van der Waals surface area contributed by atoms with Gasteiger partial charge >= 0.3 is 5.63 Å². The van der Waals surface area contributed by atoms with Crippen LogP contribution in [0.15, 0.2) is 39.3 Å². The molecule has 4 nitrogen and oxygen atoms in total. The Morgan fingerprint density at radius 1 is 1.18 bits per heavy atom. The van der Waals surface area contributed by atoms with E-state index in [9.17, 15) is 15.0 Å². The monoisotopic (exact) mass is 384 g/mol. The number of aliphatic hydroxyl groups is 2. The summed E-state index contributed by atoms with van der Waals surface area (Å²) in [6, 6.07) is 3.49. The molecule has 7 atom stereocenters. The summed E-state index contributed by atoms with van der Waals surface area (Å²) in [5.41, 5.74) is 2.57. The lowest BCUT2D eigenvalue weighted by Gasteiger charge is -2.60. The van der Waals surface area contributed by atoms with E-state index in [1.54, 1.807) is 17.9 Å². The van der Waals surface area contributed by atoms with Crippen LogP contribution in [0.5, 0.6) is 0 Å². The third kappa shape index (κ3) is 2.53. The van der Waals surface area contributed by atoms with Gasteiger partial charge in [-0.1, -0.05) is 18.6 Å². The maximum atomic E-state index is 11.4. The quantitative estimate of drug-likeness (QED) is 0.756. The fourth-order valence-corrected chi connectivity index (χ4v) is 7.74. The van der Waals surface area contributed by atoms with Crippen molar-refractivity contribution in [2.45, 2.75) is 70.3 Å². The Bertz CT molecular complexity index is 821. The van der Waals surface area contributed by atoms with Crippen molar-refractivity contribution in [2.75, 3.05) is 6.61 Å². The van der Waals surface area contributed by atoms with E-state index >= 15 is 0 Å². The Kier molecular flexibility index (Phi) is 4.37. The van der Waals surface area contributed by atoms with E-state index in [1.807, 2.05) is 6.07 Å². The van der Waals surface area contributed by atoms with Gasteiger partial charge in [0, 0.05) is 12.7 Å². The normalized spacial score (nSPS) is 45.0. The molecule has 4 aliphatic rings. The van der Waals surface area contributed by atoms with Crippen LogP contribution < -0.4 is 5.63 Å². The topological polar surface area (TPSA) is 70.7 Å². The highest BCUT2D eigenvalue weighted by molar-refractivity contribution is 5.36. The molecule has 28 heavy (non-hydrogen) atoms. The molecule has 152 valence electrons. The fraction of sp³-hybridized carbons (Fsp3) is 0.708. The van der Waals surface area contributed by atoms with Crippen molar-refractivity contribution in [1.82, 2.24) is 0 Å². The van der Waals surface area contributed by atoms with Gasteiger partial charge in [0.15, 0.2) is 0 Å². The number of rotatable bonds is 2. The van der Waals surface area contributed by atoms with Gasteiger partial charge in [-0.3, -0.25) is 0 Å². The molecular formula is C24H32O4. The van der Waals surface area contributed by atoms with Crippen molar-refractivity contribution in [1.29, 1.82) is 0 Å². The largest absolute Gasteiger partial charge is 0.431 e. The third-order valence-electron chi connectivity index (χ3n) is 9.16. The van der Waals surface area contributed by atoms with E-state index in [1.165, 1.54) is 6.42 Å². The fourth-order valence-electron chi connectivity index (χ4n) is 7.74. The predicted molar refractivity (Wildman–Crippen MR) is 107 cm³/mol. The Morgan fingerprint density at radius 2 is 2.04 bits per heavy atom. The average molecular weight is 385 g/mol. The van der Waals surface area contributed by atoms with Gasteiger partial charge in [-0.05, 0) is 97.5 Å². The van der Waals surface area contributed by atoms with Gasteiger partial charge in [0.25, 0.3) is 0 Å². The smallest absolute Gasteiger partial charge is 0.335 e. The first-order chi connectivity index (χ1) is 13.5. The summed E-state index contributed by atoms with van der Waals surface area (Å²) < 4.78 is 5.18. The molecule has 0 radical (unpaired) electrons. The van der Waals surface area contributed by atoms with Crippen molar-refractivity contribution in [3.8, 4) is 0 Å². The van der Waals surface area contributed by atoms with Crippen LogP contribution in [0.25, 0.3) is 0 Å². The molecule has 2 N–H and O–H groups in total. The zero-order valence-corrected chi connectivity index (χ0v) is 16.8. The number of allylic oxidation sites excluding steroid dienone is 2. The summed E-state index contributed by atoms with van der Waals surface area (Å²) in [5, 5.41) is 20.7. The van der Waals surface area contributed by atoms with Crippen LogP contribution in [0.1, 0.15) is 69.8 Å². The maximum Gasteiger partial charge on any atom is 0.335 e. The van der Waals surface area contributed by atoms with Gasteiger partial charge in [-0.15, -0.1) is 0 Å². The van der Waals surface area contributed by atoms with Crippen LogP contribution in [0, 0.1) is 28.6 Å². The maximum absolute atomic E-state index is 11.4. The van der Waals surface area contributed by atoms with Crippen molar-refractivity contribution in [3.05, 3.63) is 46.0 Å². The highest BCUT2D eigenvalue weighted by Gasteiger charge is 2.59. The van der Waals surface area contributed by atoms with Crippen LogP contribution in [0.3, 0.4) is 0 Å². The molecule has 0 saturated heterocycles. The summed E-state index contributed by atoms with van der Waals surface area (Å²) >= 11 is 0. The zero-order chi connectivity index (χ0) is 19.5. The van der Waals surface area contributed by atoms with Crippen LogP contribution in [0.2, 0.25) is 0 Å². The second-order valence-electron chi connectivity index (χ2n) is 10.1. The highest BCUT2D eigenvalue weighted by atomic mass is 16.4. The Morgan fingerprint density at radius 3 is 2.79 bits per heavy atom. The number of hydrogen-bond acceptors (Lipinski definition) is 4. The summed E-state index contributed by atoms with van der Waals surface area (Å²) in [6.07, 6.45) is 12.2. The molecule has 3 fully saturated rings. The summed E-state index contributed by atoms with van der Waals surface area (Å²) in [6.45, 7) is 2.67. The van der Waals surface area contributed by atoms with Crippen LogP contribution in [0.4, 0.5) is 0 Å². The lowest BCUT2D eigenvalue weighted by molar-refractivity contribution is -0.119. The molecule has 1 heterocycles. The molecule has 0 bridgehead atoms. The molecule has 0 aromatic carbocycles. The highest BCUT2D eigenvalue weighted by Crippen LogP contribution is 2.67. The first-order valence-corrected chi connectivity index (χ1v) is 11.1. The second-order valence-corrected chi connectivity index (χ2v) is 10.1. The van der Waals surface area contributed by atoms with Gasteiger partial charge in [-0.25, -0.2) is 4.79 Å². The molecule has 1 aromatic heterocycles. The van der Waals surface area contributed by atoms with E-state index in [0.717, 1.165) is 50.5 Å². The summed E-state index contributed by atoms with van der Waals surface area (Å²) in [5.74, 6) is 1.94. The number of aliphatic hydroxyl groups excluding tert-OH is 2. The molecule has 4 heteroatoms. The first kappa shape index (κ1) is 18.6. The zero-order valence-electron chi connectivity index (χ0n) is 16.8. The van der Waals surface area contributed by atoms with Crippen LogP contribution in [-0.2, 0) is 0 Å². The van der Waals surface area contributed by atoms with E-state index in [0.29, 0.717) is 23.7 Å². The molecule has 0 aliphatic heterocycles. The standard InChI is InChI=1S/C24H32O4/c1-23-10-9-21-18(4-3-16-12-17(26)8-11-24(16,21)14-25)20(23)6-5-19(23)15-2-7-22(27)28-13-15/h2,6-7,13,16-19,21,25-26H,3-5,8-12,14H2,1H3/t16-,17-,18+,19-,21+,23-,24-/m1/s1. The minimum atomic E-state index is -0.286. The molecular weight excluding hydrogens is 352 g/mol. The van der Waals surface area contributed by atoms with Crippen molar-refractivity contribution >= 4 is 0 Å². The van der Waals surface area contributed by atoms with E-state index in [4.69, 9.17) is 4.42 Å². The Labute approximate surface area is 166 Å². The average Bonchev–Trinajstić information content (AvgIpc) is 3.05. The molecule has 1 aromatic rings. The molecule has 4 aliphatic carbocycles. The third-order valence-corrected chi connectivity index (χ3v) is 9.16. The van der Waals surface area contributed by atoms with Crippen molar-refractivity contribution in [2.24, 2.45) is 28.6 Å². The minimum Gasteiger partial charge on any atom is -0.431 e. The predicted octanol–water partition coefficient (Wildman–Crippen LogP) is 4.02. The minimum absolute atomic E-state index is 0.00193. The lowest BCUT2D eigenvalue weighted by atomic mass is 9.45. The molecule has 3 saturated carbocycles. The Hall–Kier alpha value is -1.39. The van der Waals surface area contributed by atoms with Gasteiger partial charge in [-0.2, -0.15) is 0 Å². The van der Waals surface area contributed by atoms with Gasteiger partial charge in [0.2, 0.25) is 0 Å². The molecule has 0 spiro atoms. The number of fused-ring (bicyclic) bond motifs is 5. The van der Waals surface area contributed by atoms with Gasteiger partial charge < -0.3 is 14.6 Å². The van der Waals surface area contributed by atoms with E-state index < -0.39 is 0 Å². The van der Waals surface area contributed by atoms with E-state index in [-0.39, 0.29) is 29.2 Å². The molecule has 0 amide bonds. The molecule has 5 rings (SSSR count). The van der Waals surface area contributed by atoms with Crippen molar-refractivity contribution in [3.63, 3.8) is 0 Å². The van der Waals surface area contributed by atoms with Crippen LogP contribution >= 0.6 is 0 Å². The van der Waals surface area contributed by atoms with Gasteiger partial charge in [0.1, 0.15) is 0 Å². The second kappa shape index (κ2) is 6.56. The van der Waals surface area contributed by atoms with Gasteiger partial charge in [0.05, 0.1) is 12.4 Å². The van der Waals surface area contributed by atoms with Crippen LogP contribution in [-0.4, -0.2) is 22.9 Å². The number of hydrogen-bond donors (Lipinski definition) is 2. The summed E-state index contributed by atoms with van der Waals surface area (Å²) in [7, 11) is 0. The first-order valence-electron chi connectivity index (χ1n) is 11.1. The van der Waals surface area contributed by atoms with E-state index in [2.05, 4.69) is 13.0 Å². The molecule has 0 unspecified atom stereocenters. The summed E-state index contributed by atoms with van der Waals surface area (Å²) in [4.78, 5) is 11.4.